The lowest BCUT2D eigenvalue weighted by molar-refractivity contribution is 0.350. The summed E-state index contributed by atoms with van der Waals surface area (Å²) < 4.78 is 0. The van der Waals surface area contributed by atoms with E-state index in [4.69, 9.17) is 5.11 Å². The molecule has 0 spiro atoms. The van der Waals surface area contributed by atoms with Gasteiger partial charge in [0.15, 0.2) is 0 Å². The lowest BCUT2D eigenvalue weighted by Gasteiger charge is -1.90. The summed E-state index contributed by atoms with van der Waals surface area (Å²) >= 11 is 0. The average molecular weight is 119 g/mol. The van der Waals surface area contributed by atoms with Crippen LogP contribution in [0.15, 0.2) is 0 Å². The van der Waals surface area contributed by atoms with Crippen molar-refractivity contribution in [2.45, 2.75) is 0 Å². The van der Waals surface area contributed by atoms with E-state index in [-0.39, 0.29) is 6.61 Å². The van der Waals surface area contributed by atoms with E-state index in [0.717, 1.165) is 5.92 Å². The van der Waals surface area contributed by atoms with E-state index in [1.807, 2.05) is 25.7 Å². The molecule has 1 heteroatoms. The van der Waals surface area contributed by atoms with Crippen molar-refractivity contribution in [2.24, 2.45) is 0 Å². The maximum absolute atomic E-state index is 8.29. The molecule has 1 N–H and O–H groups in total. The molecule has 9 heavy (non-hydrogen) atoms. The standard InChI is InChI=1S/C8H7O/c9-7-3-6-8-4-1-2-5-8/h1-2,4-5,9H,7H2. The molecule has 0 bridgehead atoms. The average Bonchev–Trinajstić information content (AvgIpc) is 2.34. The molecule has 0 aromatic rings. The monoisotopic (exact) mass is 119 g/mol. The van der Waals surface area contributed by atoms with Crippen molar-refractivity contribution in [3.05, 3.63) is 31.6 Å². The molecule has 5 radical (unpaired) electrons. The van der Waals surface area contributed by atoms with Gasteiger partial charge in [-0.3, -0.25) is 0 Å². The molecule has 45 valence electrons. The fourth-order valence-corrected chi connectivity index (χ4v) is 0.599. The fraction of sp³-hybridized carbons (Fsp3) is 0.125. The van der Waals surface area contributed by atoms with Crippen LogP contribution in [0.4, 0.5) is 0 Å². The van der Waals surface area contributed by atoms with Crippen molar-refractivity contribution >= 4 is 0 Å². The Balaban J connectivity index is 2.26. The van der Waals surface area contributed by atoms with E-state index in [9.17, 15) is 0 Å². The third kappa shape index (κ3) is 2.07. The normalized spacial score (nSPS) is 19.2. The van der Waals surface area contributed by atoms with Gasteiger partial charge in [-0.05, 0) is 25.7 Å². The Morgan fingerprint density at radius 1 is 1.33 bits per heavy atom. The Bertz CT molecular complexity index is 123. The van der Waals surface area contributed by atoms with Crippen molar-refractivity contribution in [1.82, 2.24) is 0 Å². The summed E-state index contributed by atoms with van der Waals surface area (Å²) in [6, 6.07) is 0. The highest BCUT2D eigenvalue weighted by Gasteiger charge is 2.13. The minimum Gasteiger partial charge on any atom is -0.384 e. The smallest absolute Gasteiger partial charge is 0.104 e. The Hall–Kier alpha value is -0.480. The molecule has 0 aliphatic heterocycles. The van der Waals surface area contributed by atoms with E-state index in [1.54, 1.807) is 0 Å². The SMILES string of the molecule is OCC#C[C]1[CH][CH][CH][CH]1. The number of aliphatic hydroxyl groups excluding tert-OH is 1. The molecule has 0 saturated heterocycles. The summed E-state index contributed by atoms with van der Waals surface area (Å²) in [5.41, 5.74) is 0. The van der Waals surface area contributed by atoms with Gasteiger partial charge in [-0.15, -0.1) is 0 Å². The van der Waals surface area contributed by atoms with Crippen molar-refractivity contribution in [2.75, 3.05) is 6.61 Å². The highest BCUT2D eigenvalue weighted by atomic mass is 16.2. The van der Waals surface area contributed by atoms with Crippen LogP contribution in [-0.4, -0.2) is 11.7 Å². The molecule has 0 aromatic carbocycles. The first kappa shape index (κ1) is 6.64. The highest BCUT2D eigenvalue weighted by molar-refractivity contribution is 5.46. The lowest BCUT2D eigenvalue weighted by Crippen LogP contribution is -1.85. The van der Waals surface area contributed by atoms with Crippen LogP contribution in [-0.2, 0) is 0 Å². The molecule has 0 aromatic heterocycles. The van der Waals surface area contributed by atoms with E-state index in [2.05, 4.69) is 11.8 Å². The van der Waals surface area contributed by atoms with Gasteiger partial charge in [-0.1, -0.05) is 11.8 Å². The second-order valence-corrected chi connectivity index (χ2v) is 1.63. The third-order valence-corrected chi connectivity index (χ3v) is 0.974. The van der Waals surface area contributed by atoms with Gasteiger partial charge in [-0.2, -0.15) is 0 Å². The summed E-state index contributed by atoms with van der Waals surface area (Å²) in [4.78, 5) is 0. The molecule has 1 saturated carbocycles. The quantitative estimate of drug-likeness (QED) is 0.457. The summed E-state index contributed by atoms with van der Waals surface area (Å²) in [6.45, 7) is -0.0643. The number of aliphatic hydroxyl groups is 1. The van der Waals surface area contributed by atoms with Crippen molar-refractivity contribution in [1.29, 1.82) is 0 Å². The van der Waals surface area contributed by atoms with E-state index in [0.29, 0.717) is 0 Å². The topological polar surface area (TPSA) is 20.2 Å². The van der Waals surface area contributed by atoms with Crippen LogP contribution in [0, 0.1) is 43.4 Å². The predicted octanol–water partition coefficient (Wildman–Crippen LogP) is 0.387. The zero-order chi connectivity index (χ0) is 6.53. The third-order valence-electron chi connectivity index (χ3n) is 0.974. The van der Waals surface area contributed by atoms with Gasteiger partial charge in [0.1, 0.15) is 6.61 Å². The van der Waals surface area contributed by atoms with Crippen LogP contribution < -0.4 is 0 Å². The first-order valence-corrected chi connectivity index (χ1v) is 2.75. The van der Waals surface area contributed by atoms with Crippen LogP contribution in [0.1, 0.15) is 0 Å². The van der Waals surface area contributed by atoms with E-state index < -0.39 is 0 Å². The van der Waals surface area contributed by atoms with Gasteiger partial charge in [-0.25, -0.2) is 0 Å². The molecule has 1 nitrogen and oxygen atoms in total. The molecular formula is C8H7O. The number of hydrogen-bond acceptors (Lipinski definition) is 1. The van der Waals surface area contributed by atoms with Gasteiger partial charge >= 0.3 is 0 Å². The molecular weight excluding hydrogens is 112 g/mol. The lowest BCUT2D eigenvalue weighted by atomic mass is 10.1. The van der Waals surface area contributed by atoms with Crippen LogP contribution in [0.3, 0.4) is 0 Å². The van der Waals surface area contributed by atoms with Crippen LogP contribution in [0.5, 0.6) is 0 Å². The largest absolute Gasteiger partial charge is 0.384 e. The van der Waals surface area contributed by atoms with Crippen LogP contribution in [0.25, 0.3) is 0 Å². The Morgan fingerprint density at radius 3 is 2.56 bits per heavy atom. The summed E-state index contributed by atoms with van der Waals surface area (Å²) in [7, 11) is 0. The number of hydrogen-bond donors (Lipinski definition) is 1. The van der Waals surface area contributed by atoms with Gasteiger partial charge in [0.2, 0.25) is 0 Å². The molecule has 0 heterocycles. The molecule has 1 aliphatic carbocycles. The molecule has 0 atom stereocenters. The maximum atomic E-state index is 8.29. The van der Waals surface area contributed by atoms with E-state index >= 15 is 0 Å². The summed E-state index contributed by atoms with van der Waals surface area (Å²) in [5, 5.41) is 8.29. The molecule has 0 amide bonds. The Morgan fingerprint density at radius 2 is 2.00 bits per heavy atom. The van der Waals surface area contributed by atoms with Gasteiger partial charge in [0.05, 0.1) is 5.92 Å². The van der Waals surface area contributed by atoms with Crippen LogP contribution in [0.2, 0.25) is 0 Å². The summed E-state index contributed by atoms with van der Waals surface area (Å²) in [5.74, 6) is 6.29. The zero-order valence-corrected chi connectivity index (χ0v) is 4.96. The van der Waals surface area contributed by atoms with E-state index in [1.165, 1.54) is 0 Å². The first-order valence-electron chi connectivity index (χ1n) is 2.75. The Kier molecular flexibility index (Phi) is 2.60. The molecule has 0 unspecified atom stereocenters. The second kappa shape index (κ2) is 3.53. The summed E-state index contributed by atoms with van der Waals surface area (Å²) in [6.07, 6.45) is 7.65. The molecule has 1 aliphatic rings. The van der Waals surface area contributed by atoms with Gasteiger partial charge in [0.25, 0.3) is 0 Å². The first-order chi connectivity index (χ1) is 4.43. The van der Waals surface area contributed by atoms with Crippen LogP contribution >= 0.6 is 0 Å². The zero-order valence-electron chi connectivity index (χ0n) is 4.96. The van der Waals surface area contributed by atoms with Crippen molar-refractivity contribution < 1.29 is 5.11 Å². The van der Waals surface area contributed by atoms with Crippen molar-refractivity contribution in [3.63, 3.8) is 0 Å². The Labute approximate surface area is 56.1 Å². The van der Waals surface area contributed by atoms with Gasteiger partial charge < -0.3 is 5.11 Å². The highest BCUT2D eigenvalue weighted by Crippen LogP contribution is 2.21. The minimum atomic E-state index is -0.0643. The minimum absolute atomic E-state index is 0.0643. The van der Waals surface area contributed by atoms with Gasteiger partial charge in [0, 0.05) is 0 Å². The fourth-order valence-electron chi connectivity index (χ4n) is 0.599. The maximum Gasteiger partial charge on any atom is 0.104 e. The molecule has 1 fully saturated rings. The second-order valence-electron chi connectivity index (χ2n) is 1.63. The predicted molar refractivity (Wildman–Crippen MR) is 35.3 cm³/mol. The molecule has 1 rings (SSSR count). The number of rotatable bonds is 0. The van der Waals surface area contributed by atoms with Crippen molar-refractivity contribution in [3.8, 4) is 11.8 Å².